The van der Waals surface area contributed by atoms with Crippen LogP contribution in [0, 0.1) is 0 Å². The molecule has 0 aromatic heterocycles. The molecule has 1 rings (SSSR count). The Labute approximate surface area is 178 Å². The van der Waals surface area contributed by atoms with E-state index < -0.39 is 10.0 Å². The lowest BCUT2D eigenvalue weighted by Crippen LogP contribution is -2.41. The summed E-state index contributed by atoms with van der Waals surface area (Å²) in [6.07, 6.45) is 0. The Morgan fingerprint density at radius 2 is 1.63 bits per heavy atom. The number of hydrogen-bond donors (Lipinski definition) is 3. The first kappa shape index (κ1) is 25.5. The van der Waals surface area contributed by atoms with Crippen LogP contribution < -0.4 is 29.6 Å². The first-order valence-corrected chi connectivity index (χ1v) is 9.76. The molecule has 0 radical (unpaired) electrons. The van der Waals surface area contributed by atoms with E-state index in [1.54, 1.807) is 35.3 Å². The molecule has 0 fully saturated rings. The summed E-state index contributed by atoms with van der Waals surface area (Å²) < 4.78 is 41.2. The zero-order valence-corrected chi connectivity index (χ0v) is 19.4. The lowest BCUT2D eigenvalue weighted by molar-refractivity contribution is 0.323. The van der Waals surface area contributed by atoms with Crippen LogP contribution in [0.25, 0.3) is 0 Å². The van der Waals surface area contributed by atoms with Crippen molar-refractivity contribution < 1.29 is 22.6 Å². The number of hydrogen-bond acceptors (Lipinski definition) is 6. The van der Waals surface area contributed by atoms with Gasteiger partial charge < -0.3 is 24.8 Å². The summed E-state index contributed by atoms with van der Waals surface area (Å²) in [5, 5.41) is 6.19. The van der Waals surface area contributed by atoms with Gasteiger partial charge in [0.15, 0.2) is 17.5 Å². The number of guanidine groups is 1. The Balaban J connectivity index is 0.00000676. The second-order valence-electron chi connectivity index (χ2n) is 5.18. The summed E-state index contributed by atoms with van der Waals surface area (Å²) in [6, 6.07) is 3.69. The topological polar surface area (TPSA) is 110 Å². The van der Waals surface area contributed by atoms with Crippen LogP contribution in [-0.4, -0.2) is 61.6 Å². The number of methoxy groups -OCH3 is 3. The normalized spacial score (nSPS) is 11.4. The minimum Gasteiger partial charge on any atom is -0.493 e. The Bertz CT molecular complexity index is 688. The van der Waals surface area contributed by atoms with Gasteiger partial charge in [0.2, 0.25) is 15.8 Å². The highest BCUT2D eigenvalue weighted by Gasteiger charge is 2.13. The molecule has 0 atom stereocenters. The number of halogens is 1. The van der Waals surface area contributed by atoms with Crippen molar-refractivity contribution >= 4 is 40.0 Å². The first-order valence-electron chi connectivity index (χ1n) is 8.11. The van der Waals surface area contributed by atoms with Crippen molar-refractivity contribution in [2.75, 3.05) is 47.2 Å². The van der Waals surface area contributed by atoms with Crippen LogP contribution in [0.4, 0.5) is 0 Å². The van der Waals surface area contributed by atoms with Gasteiger partial charge in [-0.2, -0.15) is 0 Å². The average Bonchev–Trinajstić information content (AvgIpc) is 2.66. The van der Waals surface area contributed by atoms with Crippen LogP contribution >= 0.6 is 24.0 Å². The molecule has 0 aliphatic carbocycles. The SMILES string of the molecule is CCS(=O)(=O)NCCNC(=NC)NCc1cc(OC)c(OC)c(OC)c1.I. The number of sulfonamides is 1. The Kier molecular flexibility index (Phi) is 12.1. The summed E-state index contributed by atoms with van der Waals surface area (Å²) in [7, 11) is 3.12. The van der Waals surface area contributed by atoms with Gasteiger partial charge in [-0.15, -0.1) is 24.0 Å². The van der Waals surface area contributed by atoms with Gasteiger partial charge in [-0.05, 0) is 24.6 Å². The Hall–Kier alpha value is -1.47. The van der Waals surface area contributed by atoms with Gasteiger partial charge in [-0.1, -0.05) is 0 Å². The van der Waals surface area contributed by atoms with E-state index in [0.717, 1.165) is 5.56 Å². The van der Waals surface area contributed by atoms with Crippen LogP contribution in [0.3, 0.4) is 0 Å². The second kappa shape index (κ2) is 12.8. The van der Waals surface area contributed by atoms with E-state index in [0.29, 0.717) is 36.3 Å². The fraction of sp³-hybridized carbons (Fsp3) is 0.562. The van der Waals surface area contributed by atoms with Gasteiger partial charge in [0.05, 0.1) is 27.1 Å². The highest BCUT2D eigenvalue weighted by Crippen LogP contribution is 2.38. The van der Waals surface area contributed by atoms with Crippen molar-refractivity contribution in [1.29, 1.82) is 0 Å². The summed E-state index contributed by atoms with van der Waals surface area (Å²) >= 11 is 0. The van der Waals surface area contributed by atoms with Gasteiger partial charge in [0.1, 0.15) is 0 Å². The molecule has 156 valence electrons. The number of aliphatic imine (C=N–C) groups is 1. The molecule has 0 aliphatic heterocycles. The molecule has 3 N–H and O–H groups in total. The van der Waals surface area contributed by atoms with E-state index in [1.165, 1.54) is 0 Å². The largest absolute Gasteiger partial charge is 0.493 e. The maximum Gasteiger partial charge on any atom is 0.211 e. The van der Waals surface area contributed by atoms with E-state index in [4.69, 9.17) is 14.2 Å². The van der Waals surface area contributed by atoms with Gasteiger partial charge in [0, 0.05) is 26.7 Å². The molecule has 0 amide bonds. The minimum absolute atomic E-state index is 0. The van der Waals surface area contributed by atoms with Gasteiger partial charge in [-0.3, -0.25) is 4.99 Å². The molecule has 0 spiro atoms. The first-order chi connectivity index (χ1) is 12.4. The van der Waals surface area contributed by atoms with Gasteiger partial charge in [0.25, 0.3) is 0 Å². The van der Waals surface area contributed by atoms with Crippen molar-refractivity contribution in [3.8, 4) is 17.2 Å². The fourth-order valence-electron chi connectivity index (χ4n) is 2.13. The maximum atomic E-state index is 11.4. The Morgan fingerprint density at radius 3 is 2.07 bits per heavy atom. The predicted octanol–water partition coefficient (Wildman–Crippen LogP) is 0.935. The number of benzene rings is 1. The van der Waals surface area contributed by atoms with Crippen LogP contribution in [0.15, 0.2) is 17.1 Å². The molecule has 11 heteroatoms. The van der Waals surface area contributed by atoms with E-state index in [2.05, 4.69) is 20.3 Å². The molecule has 1 aromatic carbocycles. The monoisotopic (exact) mass is 516 g/mol. The Morgan fingerprint density at radius 1 is 1.04 bits per heavy atom. The van der Waals surface area contributed by atoms with E-state index in [-0.39, 0.29) is 36.3 Å². The molecule has 0 heterocycles. The highest BCUT2D eigenvalue weighted by atomic mass is 127. The van der Waals surface area contributed by atoms with Crippen LogP contribution in [-0.2, 0) is 16.6 Å². The smallest absolute Gasteiger partial charge is 0.211 e. The molecule has 0 aliphatic rings. The van der Waals surface area contributed by atoms with Crippen LogP contribution in [0.5, 0.6) is 17.2 Å². The van der Waals surface area contributed by atoms with Crippen molar-refractivity contribution in [2.24, 2.45) is 4.99 Å². The van der Waals surface area contributed by atoms with Crippen LogP contribution in [0.2, 0.25) is 0 Å². The molecule has 0 bridgehead atoms. The van der Waals surface area contributed by atoms with E-state index in [9.17, 15) is 8.42 Å². The molecule has 0 unspecified atom stereocenters. The molecule has 1 aromatic rings. The molecule has 9 nitrogen and oxygen atoms in total. The predicted molar refractivity (Wildman–Crippen MR) is 117 cm³/mol. The second-order valence-corrected chi connectivity index (χ2v) is 7.28. The summed E-state index contributed by atoms with van der Waals surface area (Å²) in [4.78, 5) is 4.11. The quantitative estimate of drug-likeness (QED) is 0.184. The average molecular weight is 516 g/mol. The lowest BCUT2D eigenvalue weighted by Gasteiger charge is -2.16. The molecular weight excluding hydrogens is 487 g/mol. The van der Waals surface area contributed by atoms with Gasteiger partial charge >= 0.3 is 0 Å². The summed E-state index contributed by atoms with van der Waals surface area (Å²) in [5.41, 5.74) is 0.911. The fourth-order valence-corrected chi connectivity index (χ4v) is 2.75. The molecule has 27 heavy (non-hydrogen) atoms. The highest BCUT2D eigenvalue weighted by molar-refractivity contribution is 14.0. The van der Waals surface area contributed by atoms with Gasteiger partial charge in [-0.25, -0.2) is 13.1 Å². The van der Waals surface area contributed by atoms with Crippen molar-refractivity contribution in [1.82, 2.24) is 15.4 Å². The van der Waals surface area contributed by atoms with E-state index >= 15 is 0 Å². The van der Waals surface area contributed by atoms with Crippen molar-refractivity contribution in [3.63, 3.8) is 0 Å². The number of nitrogens with one attached hydrogen (secondary N) is 3. The van der Waals surface area contributed by atoms with Crippen molar-refractivity contribution in [3.05, 3.63) is 17.7 Å². The maximum absolute atomic E-state index is 11.4. The zero-order valence-electron chi connectivity index (χ0n) is 16.3. The third kappa shape index (κ3) is 8.39. The third-order valence-corrected chi connectivity index (χ3v) is 4.93. The molecule has 0 saturated heterocycles. The number of ether oxygens (including phenoxy) is 3. The third-order valence-electron chi connectivity index (χ3n) is 3.53. The molecule has 0 saturated carbocycles. The molecular formula is C16H29IN4O5S. The summed E-state index contributed by atoms with van der Waals surface area (Å²) in [5.74, 6) is 2.28. The van der Waals surface area contributed by atoms with Crippen LogP contribution in [0.1, 0.15) is 12.5 Å². The lowest BCUT2D eigenvalue weighted by atomic mass is 10.2. The zero-order chi connectivity index (χ0) is 19.6. The number of nitrogens with zero attached hydrogens (tertiary/aromatic N) is 1. The minimum atomic E-state index is -3.19. The van der Waals surface area contributed by atoms with E-state index in [1.807, 2.05) is 12.1 Å². The number of rotatable bonds is 10. The summed E-state index contributed by atoms with van der Waals surface area (Å²) in [6.45, 7) is 2.75. The van der Waals surface area contributed by atoms with Crippen molar-refractivity contribution in [2.45, 2.75) is 13.5 Å². The standard InChI is InChI=1S/C16H28N4O5S.HI/c1-6-26(21,22)20-8-7-18-16(17-2)19-11-12-9-13(23-3)15(25-5)14(10-12)24-4;/h9-10,20H,6-8,11H2,1-5H3,(H2,17,18,19);1H.